The van der Waals surface area contributed by atoms with Crippen LogP contribution in [0.4, 0.5) is 17.6 Å². The molecule has 2 aliphatic carbocycles. The van der Waals surface area contributed by atoms with Gasteiger partial charge in [0.2, 0.25) is 0 Å². The standard InChI is InChI=1S/C27H36F4O/c1-3-20(2)9-10-21-11-13-22(14-12-21)15-17-26(32-27(29,30)31)18-16-24(19-25(26)28)23-7-5-4-6-8-23/h4-8,16,18-22,25H,3,9-15,17H2,1-2H3. The van der Waals surface area contributed by atoms with E-state index in [2.05, 4.69) is 18.6 Å². The molecule has 0 amide bonds. The highest BCUT2D eigenvalue weighted by Crippen LogP contribution is 2.42. The Morgan fingerprint density at radius 2 is 1.66 bits per heavy atom. The van der Waals surface area contributed by atoms with Crippen molar-refractivity contribution in [3.63, 3.8) is 0 Å². The van der Waals surface area contributed by atoms with Crippen LogP contribution >= 0.6 is 0 Å². The van der Waals surface area contributed by atoms with Gasteiger partial charge in [0.05, 0.1) is 0 Å². The van der Waals surface area contributed by atoms with Crippen LogP contribution in [-0.4, -0.2) is 18.1 Å². The molecule has 0 aliphatic heterocycles. The maximum atomic E-state index is 15.2. The zero-order valence-electron chi connectivity index (χ0n) is 19.2. The van der Waals surface area contributed by atoms with Crippen molar-refractivity contribution in [2.45, 2.75) is 89.8 Å². The first kappa shape index (κ1) is 25.0. The Balaban J connectivity index is 1.60. The third-order valence-corrected chi connectivity index (χ3v) is 7.42. The Hall–Kier alpha value is -1.62. The van der Waals surface area contributed by atoms with Gasteiger partial charge in [-0.15, -0.1) is 13.2 Å². The number of ether oxygens (including phenoxy) is 1. The predicted molar refractivity (Wildman–Crippen MR) is 122 cm³/mol. The second-order valence-corrected chi connectivity index (χ2v) is 9.74. The van der Waals surface area contributed by atoms with Crippen LogP contribution in [0.5, 0.6) is 0 Å². The maximum absolute atomic E-state index is 15.2. The smallest absolute Gasteiger partial charge is 0.278 e. The van der Waals surface area contributed by atoms with E-state index in [1.807, 2.05) is 30.3 Å². The molecule has 0 bridgehead atoms. The molecule has 3 atom stereocenters. The summed E-state index contributed by atoms with van der Waals surface area (Å²) in [5, 5.41) is 0. The zero-order chi connectivity index (χ0) is 23.2. The normalized spacial score (nSPS) is 29.6. The van der Waals surface area contributed by atoms with Crippen molar-refractivity contribution < 1.29 is 22.3 Å². The fourth-order valence-electron chi connectivity index (χ4n) is 5.04. The van der Waals surface area contributed by atoms with Gasteiger partial charge in [-0.3, -0.25) is 4.74 Å². The molecule has 178 valence electrons. The van der Waals surface area contributed by atoms with Gasteiger partial charge < -0.3 is 0 Å². The zero-order valence-corrected chi connectivity index (χ0v) is 19.2. The molecule has 1 aromatic rings. The molecule has 1 nitrogen and oxygen atoms in total. The second-order valence-electron chi connectivity index (χ2n) is 9.74. The SMILES string of the molecule is CCC(C)CCC1CCC(CCC2(OC(F)(F)F)C=CC(c3ccccc3)=CC2F)CC1. The van der Waals surface area contributed by atoms with E-state index in [0.717, 1.165) is 43.1 Å². The Bertz CT molecular complexity index is 762. The molecule has 2 aliphatic rings. The van der Waals surface area contributed by atoms with Crippen LogP contribution in [0.3, 0.4) is 0 Å². The van der Waals surface area contributed by atoms with Crippen molar-refractivity contribution in [2.75, 3.05) is 0 Å². The fraction of sp³-hybridized carbons (Fsp3) is 0.630. The molecule has 1 saturated carbocycles. The summed E-state index contributed by atoms with van der Waals surface area (Å²) in [7, 11) is 0. The molecule has 32 heavy (non-hydrogen) atoms. The molecule has 5 heteroatoms. The summed E-state index contributed by atoms with van der Waals surface area (Å²) >= 11 is 0. The first-order valence-corrected chi connectivity index (χ1v) is 12.1. The number of hydrogen-bond donors (Lipinski definition) is 0. The predicted octanol–water partition coefficient (Wildman–Crippen LogP) is 8.67. The van der Waals surface area contributed by atoms with Gasteiger partial charge in [0.25, 0.3) is 0 Å². The van der Waals surface area contributed by atoms with Gasteiger partial charge in [-0.05, 0) is 53.9 Å². The lowest BCUT2D eigenvalue weighted by molar-refractivity contribution is -0.365. The van der Waals surface area contributed by atoms with Gasteiger partial charge in [-0.2, -0.15) is 0 Å². The van der Waals surface area contributed by atoms with Crippen LogP contribution < -0.4 is 0 Å². The lowest BCUT2D eigenvalue weighted by Gasteiger charge is -2.37. The third-order valence-electron chi connectivity index (χ3n) is 7.42. The highest BCUT2D eigenvalue weighted by Gasteiger charge is 2.48. The number of allylic oxidation sites excluding steroid dienone is 2. The van der Waals surface area contributed by atoms with Gasteiger partial charge in [-0.25, -0.2) is 4.39 Å². The third kappa shape index (κ3) is 6.94. The van der Waals surface area contributed by atoms with E-state index in [-0.39, 0.29) is 6.42 Å². The van der Waals surface area contributed by atoms with E-state index >= 15 is 4.39 Å². The van der Waals surface area contributed by atoms with E-state index in [1.54, 1.807) is 6.08 Å². The van der Waals surface area contributed by atoms with Crippen LogP contribution in [0.1, 0.15) is 77.2 Å². The maximum Gasteiger partial charge on any atom is 0.523 e. The molecule has 0 aromatic heterocycles. The van der Waals surface area contributed by atoms with Crippen molar-refractivity contribution in [3.8, 4) is 0 Å². The van der Waals surface area contributed by atoms with Crippen LogP contribution in [0.2, 0.25) is 0 Å². The molecular formula is C27H36F4O. The summed E-state index contributed by atoms with van der Waals surface area (Å²) in [6.07, 6.45) is 5.95. The van der Waals surface area contributed by atoms with Crippen molar-refractivity contribution in [2.24, 2.45) is 17.8 Å². The van der Waals surface area contributed by atoms with Crippen molar-refractivity contribution in [1.29, 1.82) is 0 Å². The molecule has 1 fully saturated rings. The van der Waals surface area contributed by atoms with Crippen LogP contribution in [0.25, 0.3) is 5.57 Å². The number of benzene rings is 1. The molecule has 3 rings (SSSR count). The van der Waals surface area contributed by atoms with E-state index in [0.29, 0.717) is 17.9 Å². The average molecular weight is 453 g/mol. The van der Waals surface area contributed by atoms with Crippen molar-refractivity contribution in [1.82, 2.24) is 0 Å². The van der Waals surface area contributed by atoms with E-state index in [4.69, 9.17) is 0 Å². The number of halogens is 4. The summed E-state index contributed by atoms with van der Waals surface area (Å²) in [6, 6.07) is 9.13. The lowest BCUT2D eigenvalue weighted by atomic mass is 9.75. The monoisotopic (exact) mass is 452 g/mol. The first-order valence-electron chi connectivity index (χ1n) is 12.1. The first-order chi connectivity index (χ1) is 15.2. The van der Waals surface area contributed by atoms with Crippen molar-refractivity contribution in [3.05, 3.63) is 54.1 Å². The minimum atomic E-state index is -4.89. The summed E-state index contributed by atoms with van der Waals surface area (Å²) < 4.78 is 59.4. The minimum Gasteiger partial charge on any atom is -0.278 e. The highest BCUT2D eigenvalue weighted by atomic mass is 19.4. The van der Waals surface area contributed by atoms with Crippen LogP contribution in [-0.2, 0) is 4.74 Å². The molecule has 0 N–H and O–H groups in total. The summed E-state index contributed by atoms with van der Waals surface area (Å²) in [6.45, 7) is 4.50. The quantitative estimate of drug-likeness (QED) is 0.341. The van der Waals surface area contributed by atoms with Gasteiger partial charge >= 0.3 is 6.36 Å². The minimum absolute atomic E-state index is 0.0327. The van der Waals surface area contributed by atoms with Crippen LogP contribution in [0.15, 0.2) is 48.6 Å². The highest BCUT2D eigenvalue weighted by molar-refractivity contribution is 5.76. The van der Waals surface area contributed by atoms with Gasteiger partial charge in [-0.1, -0.05) is 95.2 Å². The lowest BCUT2D eigenvalue weighted by Crippen LogP contribution is -2.45. The molecule has 1 aromatic carbocycles. The molecule has 0 saturated heterocycles. The summed E-state index contributed by atoms with van der Waals surface area (Å²) in [5.41, 5.74) is -0.617. The Morgan fingerprint density at radius 1 is 1.03 bits per heavy atom. The summed E-state index contributed by atoms with van der Waals surface area (Å²) in [5.74, 6) is 1.81. The summed E-state index contributed by atoms with van der Waals surface area (Å²) in [4.78, 5) is 0. The molecule has 3 unspecified atom stereocenters. The molecule has 0 radical (unpaired) electrons. The van der Waals surface area contributed by atoms with Crippen molar-refractivity contribution >= 4 is 5.57 Å². The van der Waals surface area contributed by atoms with Gasteiger partial charge in [0.1, 0.15) is 5.60 Å². The Labute approximate surface area is 189 Å². The van der Waals surface area contributed by atoms with E-state index in [1.165, 1.54) is 31.4 Å². The topological polar surface area (TPSA) is 9.23 Å². The second kappa shape index (κ2) is 11.0. The average Bonchev–Trinajstić information content (AvgIpc) is 2.78. The largest absolute Gasteiger partial charge is 0.523 e. The van der Waals surface area contributed by atoms with Gasteiger partial charge in [0.15, 0.2) is 6.17 Å². The van der Waals surface area contributed by atoms with E-state index < -0.39 is 18.1 Å². The molecular weight excluding hydrogens is 416 g/mol. The Kier molecular flexibility index (Phi) is 8.60. The van der Waals surface area contributed by atoms with E-state index in [9.17, 15) is 13.2 Å². The van der Waals surface area contributed by atoms with Crippen LogP contribution in [0, 0.1) is 17.8 Å². The Morgan fingerprint density at radius 3 is 2.22 bits per heavy atom. The number of rotatable bonds is 9. The molecule has 0 heterocycles. The number of hydrogen-bond acceptors (Lipinski definition) is 1. The number of alkyl halides is 4. The molecule has 0 spiro atoms. The van der Waals surface area contributed by atoms with Gasteiger partial charge in [0, 0.05) is 0 Å². The fourth-order valence-corrected chi connectivity index (χ4v) is 5.04.